The molecule has 0 spiro atoms. The zero-order valence-corrected chi connectivity index (χ0v) is 12.1. The molecule has 2 heterocycles. The molecule has 3 fully saturated rings. The summed E-state index contributed by atoms with van der Waals surface area (Å²) >= 11 is 0. The van der Waals surface area contributed by atoms with Crippen LogP contribution in [0.15, 0.2) is 0 Å². The average Bonchev–Trinajstić information content (AvgIpc) is 2.94. The van der Waals surface area contributed by atoms with Crippen LogP contribution in [-0.4, -0.2) is 60.0 Å². The first-order valence-corrected chi connectivity index (χ1v) is 8.03. The quantitative estimate of drug-likeness (QED) is 0.812. The number of carbonyl (C=O) groups is 1. The molecule has 0 bridgehead atoms. The Hall–Kier alpha value is -0.610. The predicted molar refractivity (Wildman–Crippen MR) is 76.0 cm³/mol. The molecule has 1 amide bonds. The highest BCUT2D eigenvalue weighted by Gasteiger charge is 2.38. The minimum absolute atomic E-state index is 0.0769. The molecule has 0 aromatic carbocycles. The van der Waals surface area contributed by atoms with Crippen LogP contribution in [0.4, 0.5) is 0 Å². The highest BCUT2D eigenvalue weighted by molar-refractivity contribution is 5.81. The van der Waals surface area contributed by atoms with Gasteiger partial charge in [0.15, 0.2) is 0 Å². The second kappa shape index (κ2) is 5.80. The molecule has 19 heavy (non-hydrogen) atoms. The maximum Gasteiger partial charge on any atom is 0.239 e. The third kappa shape index (κ3) is 3.11. The van der Waals surface area contributed by atoms with E-state index in [1.807, 2.05) is 0 Å². The normalized spacial score (nSPS) is 29.2. The van der Waals surface area contributed by atoms with Crippen LogP contribution in [0.1, 0.15) is 45.4 Å². The van der Waals surface area contributed by atoms with E-state index in [0.717, 1.165) is 26.2 Å². The summed E-state index contributed by atoms with van der Waals surface area (Å²) in [5.74, 6) is 0.363. The monoisotopic (exact) mass is 265 g/mol. The van der Waals surface area contributed by atoms with Gasteiger partial charge in [-0.15, -0.1) is 0 Å². The van der Waals surface area contributed by atoms with Gasteiger partial charge in [-0.05, 0) is 52.0 Å². The molecule has 1 saturated carbocycles. The van der Waals surface area contributed by atoms with Crippen LogP contribution in [0.2, 0.25) is 0 Å². The molecule has 1 aliphatic carbocycles. The SMILES string of the molecule is CC(C(=O)N1CCCC1)N(CC1CCCN1)C1CC1. The van der Waals surface area contributed by atoms with Crippen LogP contribution in [0.3, 0.4) is 0 Å². The largest absolute Gasteiger partial charge is 0.341 e. The summed E-state index contributed by atoms with van der Waals surface area (Å²) in [4.78, 5) is 17.1. The van der Waals surface area contributed by atoms with E-state index >= 15 is 0 Å². The molecule has 3 aliphatic rings. The molecule has 3 rings (SSSR count). The Morgan fingerprint density at radius 2 is 2.00 bits per heavy atom. The molecule has 2 unspecified atom stereocenters. The molecule has 1 N–H and O–H groups in total. The fourth-order valence-electron chi connectivity index (χ4n) is 3.54. The van der Waals surface area contributed by atoms with Gasteiger partial charge < -0.3 is 10.2 Å². The van der Waals surface area contributed by atoms with Crippen molar-refractivity contribution >= 4 is 5.91 Å². The molecule has 0 radical (unpaired) electrons. The van der Waals surface area contributed by atoms with Gasteiger partial charge in [0, 0.05) is 31.7 Å². The first-order valence-electron chi connectivity index (χ1n) is 8.03. The van der Waals surface area contributed by atoms with Gasteiger partial charge in [0.2, 0.25) is 5.91 Å². The van der Waals surface area contributed by atoms with Crippen LogP contribution >= 0.6 is 0 Å². The van der Waals surface area contributed by atoms with Gasteiger partial charge in [0.25, 0.3) is 0 Å². The Morgan fingerprint density at radius 3 is 2.58 bits per heavy atom. The van der Waals surface area contributed by atoms with E-state index in [4.69, 9.17) is 0 Å². The molecule has 2 atom stereocenters. The average molecular weight is 265 g/mol. The summed E-state index contributed by atoms with van der Waals surface area (Å²) in [6, 6.07) is 1.35. The number of hydrogen-bond acceptors (Lipinski definition) is 3. The van der Waals surface area contributed by atoms with Crippen LogP contribution in [0, 0.1) is 0 Å². The van der Waals surface area contributed by atoms with Gasteiger partial charge in [-0.1, -0.05) is 0 Å². The van der Waals surface area contributed by atoms with Gasteiger partial charge in [-0.2, -0.15) is 0 Å². The van der Waals surface area contributed by atoms with Crippen molar-refractivity contribution in [3.63, 3.8) is 0 Å². The summed E-state index contributed by atoms with van der Waals surface area (Å²) in [7, 11) is 0. The molecular formula is C15H27N3O. The van der Waals surface area contributed by atoms with Crippen molar-refractivity contribution in [1.82, 2.24) is 15.1 Å². The summed E-state index contributed by atoms with van der Waals surface area (Å²) in [5.41, 5.74) is 0. The number of likely N-dealkylation sites (tertiary alicyclic amines) is 1. The lowest BCUT2D eigenvalue weighted by atomic mass is 10.1. The van der Waals surface area contributed by atoms with Crippen molar-refractivity contribution in [3.05, 3.63) is 0 Å². The minimum atomic E-state index is 0.0769. The summed E-state index contributed by atoms with van der Waals surface area (Å²) in [6.07, 6.45) is 7.50. The molecule has 0 aromatic rings. The predicted octanol–water partition coefficient (Wildman–Crippen LogP) is 1.21. The third-order valence-corrected chi connectivity index (χ3v) is 4.88. The second-order valence-electron chi connectivity index (χ2n) is 6.43. The van der Waals surface area contributed by atoms with Gasteiger partial charge in [0.1, 0.15) is 0 Å². The van der Waals surface area contributed by atoms with Gasteiger partial charge in [0.05, 0.1) is 6.04 Å². The molecule has 0 aromatic heterocycles. The smallest absolute Gasteiger partial charge is 0.239 e. The van der Waals surface area contributed by atoms with E-state index < -0.39 is 0 Å². The van der Waals surface area contributed by atoms with E-state index in [1.165, 1.54) is 38.5 Å². The second-order valence-corrected chi connectivity index (χ2v) is 6.43. The fourth-order valence-corrected chi connectivity index (χ4v) is 3.54. The van der Waals surface area contributed by atoms with E-state index in [1.54, 1.807) is 0 Å². The van der Waals surface area contributed by atoms with E-state index in [9.17, 15) is 4.79 Å². The number of hydrogen-bond donors (Lipinski definition) is 1. The summed E-state index contributed by atoms with van der Waals surface area (Å²) in [6.45, 7) is 6.28. The molecule has 4 nitrogen and oxygen atoms in total. The number of nitrogens with one attached hydrogen (secondary N) is 1. The van der Waals surface area contributed by atoms with Crippen LogP contribution in [0.25, 0.3) is 0 Å². The Labute approximate surface area is 116 Å². The van der Waals surface area contributed by atoms with Crippen molar-refractivity contribution in [2.45, 2.75) is 63.6 Å². The van der Waals surface area contributed by atoms with E-state index in [2.05, 4.69) is 22.0 Å². The zero-order chi connectivity index (χ0) is 13.2. The molecule has 2 aliphatic heterocycles. The van der Waals surface area contributed by atoms with Crippen molar-refractivity contribution in [3.8, 4) is 0 Å². The standard InChI is InChI=1S/C15H27N3O/c1-12(15(19)17-9-2-3-10-17)18(14-6-7-14)11-13-5-4-8-16-13/h12-14,16H,2-11H2,1H3. The Morgan fingerprint density at radius 1 is 1.26 bits per heavy atom. The molecular weight excluding hydrogens is 238 g/mol. The van der Waals surface area contributed by atoms with Crippen LogP contribution in [-0.2, 0) is 4.79 Å². The van der Waals surface area contributed by atoms with Crippen molar-refractivity contribution in [1.29, 1.82) is 0 Å². The lowest BCUT2D eigenvalue weighted by molar-refractivity contribution is -0.135. The minimum Gasteiger partial charge on any atom is -0.341 e. The topological polar surface area (TPSA) is 35.6 Å². The summed E-state index contributed by atoms with van der Waals surface area (Å²) in [5, 5.41) is 3.57. The van der Waals surface area contributed by atoms with Crippen LogP contribution < -0.4 is 5.32 Å². The first kappa shape index (κ1) is 13.4. The van der Waals surface area contributed by atoms with Gasteiger partial charge >= 0.3 is 0 Å². The highest BCUT2D eigenvalue weighted by Crippen LogP contribution is 2.30. The number of nitrogens with zero attached hydrogens (tertiary/aromatic N) is 2. The van der Waals surface area contributed by atoms with Gasteiger partial charge in [-0.3, -0.25) is 9.69 Å². The maximum absolute atomic E-state index is 12.6. The van der Waals surface area contributed by atoms with Crippen LogP contribution in [0.5, 0.6) is 0 Å². The Kier molecular flexibility index (Phi) is 4.08. The first-order chi connectivity index (χ1) is 9.25. The lowest BCUT2D eigenvalue weighted by Crippen LogP contribution is -2.50. The lowest BCUT2D eigenvalue weighted by Gasteiger charge is -2.33. The zero-order valence-electron chi connectivity index (χ0n) is 12.1. The molecule has 108 valence electrons. The van der Waals surface area contributed by atoms with Crippen molar-refractivity contribution in [2.75, 3.05) is 26.2 Å². The Balaban J connectivity index is 1.59. The third-order valence-electron chi connectivity index (χ3n) is 4.88. The summed E-state index contributed by atoms with van der Waals surface area (Å²) < 4.78 is 0. The number of carbonyl (C=O) groups excluding carboxylic acids is 1. The number of amides is 1. The van der Waals surface area contributed by atoms with E-state index in [0.29, 0.717) is 18.0 Å². The van der Waals surface area contributed by atoms with Gasteiger partial charge in [-0.25, -0.2) is 0 Å². The maximum atomic E-state index is 12.6. The Bertz CT molecular complexity index is 317. The fraction of sp³-hybridized carbons (Fsp3) is 0.933. The van der Waals surface area contributed by atoms with Crippen molar-refractivity contribution < 1.29 is 4.79 Å². The number of rotatable bonds is 5. The molecule has 4 heteroatoms. The molecule has 2 saturated heterocycles. The van der Waals surface area contributed by atoms with E-state index in [-0.39, 0.29) is 6.04 Å². The van der Waals surface area contributed by atoms with Crippen molar-refractivity contribution in [2.24, 2.45) is 0 Å². The highest BCUT2D eigenvalue weighted by atomic mass is 16.2.